The second kappa shape index (κ2) is 7.42. The number of nitrogens with one attached hydrogen (secondary N) is 1. The number of aryl methyl sites for hydroxylation is 1. The molecule has 1 aromatic heterocycles. The molecule has 0 atom stereocenters. The Morgan fingerprint density at radius 2 is 2.05 bits per heavy atom. The van der Waals surface area contributed by atoms with Gasteiger partial charge in [-0.25, -0.2) is 4.99 Å². The molecule has 0 saturated heterocycles. The summed E-state index contributed by atoms with van der Waals surface area (Å²) >= 11 is 0. The largest absolute Gasteiger partial charge is 0.349 e. The van der Waals surface area contributed by atoms with Crippen LogP contribution in [0.25, 0.3) is 0 Å². The Bertz CT molecular complexity index is 573. The van der Waals surface area contributed by atoms with E-state index in [0.29, 0.717) is 13.1 Å². The maximum absolute atomic E-state index is 4.62. The molecule has 0 amide bonds. The summed E-state index contributed by atoms with van der Waals surface area (Å²) in [5.41, 5.74) is 1.19. The molecule has 1 N–H and O–H groups in total. The van der Waals surface area contributed by atoms with Crippen LogP contribution in [-0.4, -0.2) is 39.7 Å². The number of nitrogens with zero attached hydrogens (tertiary/aromatic N) is 5. The third-order valence-corrected chi connectivity index (χ3v) is 3.12. The maximum atomic E-state index is 4.62. The lowest BCUT2D eigenvalue weighted by molar-refractivity contribution is 0.568. The Morgan fingerprint density at radius 3 is 2.71 bits per heavy atom. The van der Waals surface area contributed by atoms with E-state index in [9.17, 15) is 0 Å². The van der Waals surface area contributed by atoms with E-state index in [1.54, 1.807) is 6.33 Å². The van der Waals surface area contributed by atoms with Crippen molar-refractivity contribution in [2.24, 2.45) is 4.99 Å². The average Bonchev–Trinajstić information content (AvgIpc) is 2.95. The standard InChI is InChI=1S/C15H22N6/c1-4-21-12-18-19-14(21)11-17-15(20(2)3)16-10-13-8-6-5-7-9-13/h5-9,12H,4,10-11H2,1-3H3,(H,16,17). The highest BCUT2D eigenvalue weighted by atomic mass is 15.3. The summed E-state index contributed by atoms with van der Waals surface area (Å²) < 4.78 is 2.01. The van der Waals surface area contributed by atoms with Crippen molar-refractivity contribution in [2.45, 2.75) is 26.6 Å². The zero-order chi connectivity index (χ0) is 15.1. The van der Waals surface area contributed by atoms with Gasteiger partial charge >= 0.3 is 0 Å². The number of hydrogen-bond donors (Lipinski definition) is 1. The van der Waals surface area contributed by atoms with Crippen LogP contribution in [0.15, 0.2) is 41.7 Å². The summed E-state index contributed by atoms with van der Waals surface area (Å²) in [5, 5.41) is 11.4. The van der Waals surface area contributed by atoms with Crippen molar-refractivity contribution in [3.63, 3.8) is 0 Å². The molecule has 0 bridgehead atoms. The molecular weight excluding hydrogens is 264 g/mol. The fourth-order valence-corrected chi connectivity index (χ4v) is 1.94. The fourth-order valence-electron chi connectivity index (χ4n) is 1.94. The van der Waals surface area contributed by atoms with Gasteiger partial charge in [0.1, 0.15) is 6.33 Å². The van der Waals surface area contributed by atoms with Gasteiger partial charge in [0.05, 0.1) is 13.1 Å². The third kappa shape index (κ3) is 4.30. The Kier molecular flexibility index (Phi) is 5.31. The highest BCUT2D eigenvalue weighted by Crippen LogP contribution is 2.01. The quantitative estimate of drug-likeness (QED) is 0.668. The van der Waals surface area contributed by atoms with Crippen LogP contribution < -0.4 is 5.32 Å². The van der Waals surface area contributed by atoms with E-state index in [4.69, 9.17) is 0 Å². The zero-order valence-corrected chi connectivity index (χ0v) is 12.8. The van der Waals surface area contributed by atoms with E-state index in [1.165, 1.54) is 5.56 Å². The van der Waals surface area contributed by atoms with E-state index in [-0.39, 0.29) is 0 Å². The van der Waals surface area contributed by atoms with Crippen molar-refractivity contribution in [1.82, 2.24) is 25.0 Å². The van der Waals surface area contributed by atoms with E-state index in [0.717, 1.165) is 18.3 Å². The number of aliphatic imine (C=N–C) groups is 1. The van der Waals surface area contributed by atoms with Crippen LogP contribution >= 0.6 is 0 Å². The Balaban J connectivity index is 1.99. The minimum absolute atomic E-state index is 0.611. The first-order chi connectivity index (χ1) is 10.2. The number of aromatic nitrogens is 3. The molecule has 0 unspecified atom stereocenters. The molecular formula is C15H22N6. The lowest BCUT2D eigenvalue weighted by Gasteiger charge is -2.17. The first kappa shape index (κ1) is 15.0. The zero-order valence-electron chi connectivity index (χ0n) is 12.8. The summed E-state index contributed by atoms with van der Waals surface area (Å²) in [6.07, 6.45) is 1.74. The maximum Gasteiger partial charge on any atom is 0.194 e. The van der Waals surface area contributed by atoms with Crippen molar-refractivity contribution < 1.29 is 0 Å². The average molecular weight is 286 g/mol. The van der Waals surface area contributed by atoms with Crippen molar-refractivity contribution in [2.75, 3.05) is 14.1 Å². The summed E-state index contributed by atoms with van der Waals surface area (Å²) in [7, 11) is 3.95. The number of guanidine groups is 1. The predicted octanol–water partition coefficient (Wildman–Crippen LogP) is 1.51. The van der Waals surface area contributed by atoms with Crippen LogP contribution in [0.2, 0.25) is 0 Å². The van der Waals surface area contributed by atoms with Gasteiger partial charge in [-0.1, -0.05) is 30.3 Å². The summed E-state index contributed by atoms with van der Waals surface area (Å²) in [6, 6.07) is 10.2. The van der Waals surface area contributed by atoms with Crippen molar-refractivity contribution in [3.8, 4) is 0 Å². The summed E-state index contributed by atoms with van der Waals surface area (Å²) in [4.78, 5) is 6.59. The van der Waals surface area contributed by atoms with Crippen molar-refractivity contribution in [1.29, 1.82) is 0 Å². The van der Waals surface area contributed by atoms with Crippen LogP contribution in [-0.2, 0) is 19.6 Å². The fraction of sp³-hybridized carbons (Fsp3) is 0.400. The monoisotopic (exact) mass is 286 g/mol. The van der Waals surface area contributed by atoms with E-state index >= 15 is 0 Å². The highest BCUT2D eigenvalue weighted by Gasteiger charge is 2.06. The second-order valence-electron chi connectivity index (χ2n) is 4.91. The van der Waals surface area contributed by atoms with Gasteiger partial charge in [-0.2, -0.15) is 0 Å². The molecule has 6 nitrogen and oxygen atoms in total. The molecule has 1 aromatic carbocycles. The van der Waals surface area contributed by atoms with Crippen LogP contribution in [0.1, 0.15) is 18.3 Å². The van der Waals surface area contributed by atoms with Gasteiger partial charge in [0, 0.05) is 20.6 Å². The van der Waals surface area contributed by atoms with Gasteiger partial charge in [0.25, 0.3) is 0 Å². The van der Waals surface area contributed by atoms with Crippen LogP contribution in [0.5, 0.6) is 0 Å². The minimum atomic E-state index is 0.611. The van der Waals surface area contributed by atoms with Gasteiger partial charge in [0.2, 0.25) is 0 Å². The normalized spacial score (nSPS) is 11.5. The molecule has 0 radical (unpaired) electrons. The molecule has 6 heteroatoms. The second-order valence-corrected chi connectivity index (χ2v) is 4.91. The molecule has 0 spiro atoms. The van der Waals surface area contributed by atoms with Crippen LogP contribution in [0, 0.1) is 0 Å². The number of rotatable bonds is 5. The summed E-state index contributed by atoms with van der Waals surface area (Å²) in [6.45, 7) is 4.20. The van der Waals surface area contributed by atoms with Gasteiger partial charge < -0.3 is 14.8 Å². The molecule has 0 fully saturated rings. The van der Waals surface area contributed by atoms with E-state index < -0.39 is 0 Å². The number of hydrogen-bond acceptors (Lipinski definition) is 3. The molecule has 0 saturated carbocycles. The van der Waals surface area contributed by atoms with Crippen molar-refractivity contribution >= 4 is 5.96 Å². The van der Waals surface area contributed by atoms with Crippen LogP contribution in [0.3, 0.4) is 0 Å². The highest BCUT2D eigenvalue weighted by molar-refractivity contribution is 5.79. The molecule has 2 aromatic rings. The molecule has 0 aliphatic heterocycles. The smallest absolute Gasteiger partial charge is 0.194 e. The first-order valence-corrected chi connectivity index (χ1v) is 7.07. The Labute approximate surface area is 125 Å². The topological polar surface area (TPSA) is 58.3 Å². The molecule has 112 valence electrons. The molecule has 0 aliphatic carbocycles. The van der Waals surface area contributed by atoms with Gasteiger partial charge in [0.15, 0.2) is 11.8 Å². The van der Waals surface area contributed by atoms with Crippen LogP contribution in [0.4, 0.5) is 0 Å². The predicted molar refractivity (Wildman–Crippen MR) is 83.8 cm³/mol. The number of benzene rings is 1. The van der Waals surface area contributed by atoms with E-state index in [2.05, 4.69) is 39.6 Å². The third-order valence-electron chi connectivity index (χ3n) is 3.12. The molecule has 21 heavy (non-hydrogen) atoms. The molecule has 2 rings (SSSR count). The Morgan fingerprint density at radius 1 is 1.29 bits per heavy atom. The van der Waals surface area contributed by atoms with Gasteiger partial charge in [-0.05, 0) is 12.5 Å². The summed E-state index contributed by atoms with van der Waals surface area (Å²) in [5.74, 6) is 1.75. The minimum Gasteiger partial charge on any atom is -0.349 e. The molecule has 1 heterocycles. The van der Waals surface area contributed by atoms with Crippen molar-refractivity contribution in [3.05, 3.63) is 48.0 Å². The van der Waals surface area contributed by atoms with E-state index in [1.807, 2.05) is 41.8 Å². The lowest BCUT2D eigenvalue weighted by atomic mass is 10.2. The first-order valence-electron chi connectivity index (χ1n) is 7.07. The lowest BCUT2D eigenvalue weighted by Crippen LogP contribution is -2.36. The SMILES string of the molecule is CCn1cnnc1CNC(=NCc1ccccc1)N(C)C. The van der Waals surface area contributed by atoms with Gasteiger partial charge in [-0.15, -0.1) is 10.2 Å². The van der Waals surface area contributed by atoms with Gasteiger partial charge in [-0.3, -0.25) is 0 Å². The Hall–Kier alpha value is -2.37. The molecule has 0 aliphatic rings.